The van der Waals surface area contributed by atoms with Crippen LogP contribution in [0, 0.1) is 0 Å². The molecule has 2 aliphatic rings. The van der Waals surface area contributed by atoms with Gasteiger partial charge in [0.1, 0.15) is 0 Å². The third kappa shape index (κ3) is 1.89. The molecule has 0 saturated carbocycles. The number of fused-ring (bicyclic) bond motifs is 2. The standard InChI is InChI=1S/C18H15N3O3/c22-17(13-5-3-4-12-10-19-20-16(12)13)21-9-8-18(11-21)23-14-6-1-2-7-15(14)24-18/h1-7,10H,8-9,11H2,(H,19,20). The number of amides is 1. The number of carbonyl (C=O) groups is 1. The Balaban J connectivity index is 1.42. The molecule has 6 nitrogen and oxygen atoms in total. The fourth-order valence-corrected chi connectivity index (χ4v) is 3.45. The van der Waals surface area contributed by atoms with Gasteiger partial charge in [-0.3, -0.25) is 9.89 Å². The minimum atomic E-state index is -0.763. The third-order valence-corrected chi connectivity index (χ3v) is 4.63. The lowest BCUT2D eigenvalue weighted by atomic mass is 10.1. The maximum Gasteiger partial charge on any atom is 0.270 e. The summed E-state index contributed by atoms with van der Waals surface area (Å²) in [4.78, 5) is 14.7. The molecule has 1 spiro atoms. The van der Waals surface area contributed by atoms with Crippen molar-refractivity contribution < 1.29 is 14.3 Å². The van der Waals surface area contributed by atoms with Crippen molar-refractivity contribution in [3.05, 3.63) is 54.2 Å². The Kier molecular flexibility index (Phi) is 2.65. The highest BCUT2D eigenvalue weighted by molar-refractivity contribution is 6.05. The summed E-state index contributed by atoms with van der Waals surface area (Å²) in [5.41, 5.74) is 1.39. The van der Waals surface area contributed by atoms with Crippen molar-refractivity contribution in [3.8, 4) is 11.5 Å². The van der Waals surface area contributed by atoms with Crippen molar-refractivity contribution in [1.82, 2.24) is 15.1 Å². The summed E-state index contributed by atoms with van der Waals surface area (Å²) in [6.45, 7) is 1.00. The van der Waals surface area contributed by atoms with Gasteiger partial charge < -0.3 is 14.4 Å². The highest BCUT2D eigenvalue weighted by Crippen LogP contribution is 2.43. The molecule has 1 amide bonds. The normalized spacial score (nSPS) is 17.8. The number of aromatic nitrogens is 2. The van der Waals surface area contributed by atoms with Gasteiger partial charge in [-0.2, -0.15) is 5.10 Å². The average Bonchev–Trinajstić information content (AvgIpc) is 3.31. The number of H-pyrrole nitrogens is 1. The van der Waals surface area contributed by atoms with Crippen LogP contribution in [0.25, 0.3) is 10.9 Å². The summed E-state index contributed by atoms with van der Waals surface area (Å²) in [7, 11) is 0. The SMILES string of the molecule is O=C(c1cccc2cn[nH]c12)N1CCC2(C1)Oc1ccccc1O2. The minimum absolute atomic E-state index is 0.0371. The number of para-hydroxylation sites is 3. The number of nitrogens with zero attached hydrogens (tertiary/aromatic N) is 2. The van der Waals surface area contributed by atoms with Crippen LogP contribution < -0.4 is 9.47 Å². The van der Waals surface area contributed by atoms with Gasteiger partial charge in [0.25, 0.3) is 11.7 Å². The van der Waals surface area contributed by atoms with Crippen molar-refractivity contribution in [2.75, 3.05) is 13.1 Å². The molecule has 3 aromatic rings. The fraction of sp³-hybridized carbons (Fsp3) is 0.222. The van der Waals surface area contributed by atoms with Crippen LogP contribution in [-0.4, -0.2) is 39.9 Å². The maximum atomic E-state index is 12.9. The number of rotatable bonds is 1. The van der Waals surface area contributed by atoms with Crippen molar-refractivity contribution in [1.29, 1.82) is 0 Å². The van der Waals surface area contributed by atoms with E-state index < -0.39 is 5.79 Å². The van der Waals surface area contributed by atoms with Gasteiger partial charge in [-0.25, -0.2) is 0 Å². The van der Waals surface area contributed by atoms with Gasteiger partial charge in [-0.1, -0.05) is 24.3 Å². The Morgan fingerprint density at radius 3 is 2.71 bits per heavy atom. The Labute approximate surface area is 138 Å². The summed E-state index contributed by atoms with van der Waals surface area (Å²) in [5, 5.41) is 7.86. The molecule has 6 heteroatoms. The van der Waals surface area contributed by atoms with Crippen molar-refractivity contribution in [2.24, 2.45) is 0 Å². The van der Waals surface area contributed by atoms with Gasteiger partial charge in [0.15, 0.2) is 11.5 Å². The molecule has 0 aliphatic carbocycles. The molecule has 1 N–H and O–H groups in total. The molecule has 2 aliphatic heterocycles. The topological polar surface area (TPSA) is 67.5 Å². The molecular weight excluding hydrogens is 306 g/mol. The van der Waals surface area contributed by atoms with E-state index in [0.29, 0.717) is 25.1 Å². The monoisotopic (exact) mass is 321 g/mol. The number of hydrogen-bond donors (Lipinski definition) is 1. The molecular formula is C18H15N3O3. The summed E-state index contributed by atoms with van der Waals surface area (Å²) in [5.74, 6) is 0.677. The van der Waals surface area contributed by atoms with Crippen LogP contribution in [0.2, 0.25) is 0 Å². The number of benzene rings is 2. The van der Waals surface area contributed by atoms with Crippen LogP contribution in [-0.2, 0) is 0 Å². The third-order valence-electron chi connectivity index (χ3n) is 4.63. The predicted molar refractivity (Wildman–Crippen MR) is 87.0 cm³/mol. The van der Waals surface area contributed by atoms with Gasteiger partial charge in [0.2, 0.25) is 0 Å². The Hall–Kier alpha value is -3.02. The Morgan fingerprint density at radius 1 is 1.12 bits per heavy atom. The molecule has 120 valence electrons. The van der Waals surface area contributed by atoms with Crippen LogP contribution in [0.15, 0.2) is 48.7 Å². The smallest absolute Gasteiger partial charge is 0.270 e. The number of aromatic amines is 1. The van der Waals surface area contributed by atoms with Crippen molar-refractivity contribution in [2.45, 2.75) is 12.2 Å². The molecule has 1 aromatic heterocycles. The summed E-state index contributed by atoms with van der Waals surface area (Å²) >= 11 is 0. The van der Waals surface area contributed by atoms with E-state index in [4.69, 9.17) is 9.47 Å². The van der Waals surface area contributed by atoms with E-state index in [9.17, 15) is 4.79 Å². The van der Waals surface area contributed by atoms with E-state index >= 15 is 0 Å². The fourth-order valence-electron chi connectivity index (χ4n) is 3.45. The van der Waals surface area contributed by atoms with E-state index in [1.54, 1.807) is 11.1 Å². The van der Waals surface area contributed by atoms with E-state index in [0.717, 1.165) is 22.4 Å². The molecule has 1 fully saturated rings. The number of ether oxygens (including phenoxy) is 2. The molecule has 0 atom stereocenters. The van der Waals surface area contributed by atoms with E-state index in [2.05, 4.69) is 10.2 Å². The van der Waals surface area contributed by atoms with E-state index in [1.165, 1.54) is 0 Å². The molecule has 0 radical (unpaired) electrons. The summed E-state index contributed by atoms with van der Waals surface area (Å²) in [6, 6.07) is 13.2. The highest BCUT2D eigenvalue weighted by Gasteiger charge is 2.48. The quantitative estimate of drug-likeness (QED) is 0.748. The van der Waals surface area contributed by atoms with Crippen LogP contribution in [0.5, 0.6) is 11.5 Å². The lowest BCUT2D eigenvalue weighted by Gasteiger charge is -2.23. The zero-order chi connectivity index (χ0) is 16.1. The predicted octanol–water partition coefficient (Wildman–Crippen LogP) is 2.58. The lowest BCUT2D eigenvalue weighted by molar-refractivity contribution is -0.0657. The first-order valence-electron chi connectivity index (χ1n) is 7.93. The first kappa shape index (κ1) is 13.4. The zero-order valence-corrected chi connectivity index (χ0v) is 12.9. The maximum absolute atomic E-state index is 12.9. The number of likely N-dealkylation sites (tertiary alicyclic amines) is 1. The van der Waals surface area contributed by atoms with Gasteiger partial charge in [-0.05, 0) is 18.2 Å². The van der Waals surface area contributed by atoms with Crippen molar-refractivity contribution in [3.63, 3.8) is 0 Å². The van der Waals surface area contributed by atoms with Crippen LogP contribution in [0.4, 0.5) is 0 Å². The van der Waals surface area contributed by atoms with E-state index in [-0.39, 0.29) is 5.91 Å². The van der Waals surface area contributed by atoms with Gasteiger partial charge in [-0.15, -0.1) is 0 Å². The highest BCUT2D eigenvalue weighted by atomic mass is 16.7. The molecule has 5 rings (SSSR count). The second-order valence-corrected chi connectivity index (χ2v) is 6.18. The Morgan fingerprint density at radius 2 is 1.92 bits per heavy atom. The lowest BCUT2D eigenvalue weighted by Crippen LogP contribution is -2.42. The summed E-state index contributed by atoms with van der Waals surface area (Å²) < 4.78 is 12.0. The number of carbonyl (C=O) groups excluding carboxylic acids is 1. The molecule has 0 bridgehead atoms. The largest absolute Gasteiger partial charge is 0.447 e. The van der Waals surface area contributed by atoms with Crippen molar-refractivity contribution >= 4 is 16.8 Å². The zero-order valence-electron chi connectivity index (χ0n) is 12.9. The molecule has 3 heterocycles. The van der Waals surface area contributed by atoms with Gasteiger partial charge >= 0.3 is 0 Å². The summed E-state index contributed by atoms with van der Waals surface area (Å²) in [6.07, 6.45) is 2.36. The second kappa shape index (κ2) is 4.74. The van der Waals surface area contributed by atoms with E-state index in [1.807, 2.05) is 42.5 Å². The van der Waals surface area contributed by atoms with Gasteiger partial charge in [0, 0.05) is 18.4 Å². The molecule has 1 saturated heterocycles. The minimum Gasteiger partial charge on any atom is -0.447 e. The first-order valence-corrected chi connectivity index (χ1v) is 7.93. The average molecular weight is 321 g/mol. The molecule has 24 heavy (non-hydrogen) atoms. The van der Waals surface area contributed by atoms with Crippen LogP contribution in [0.1, 0.15) is 16.8 Å². The first-order chi connectivity index (χ1) is 11.7. The number of hydrogen-bond acceptors (Lipinski definition) is 4. The van der Waals surface area contributed by atoms with Gasteiger partial charge in [0.05, 0.1) is 23.8 Å². The Bertz CT molecular complexity index is 924. The molecule has 2 aromatic carbocycles. The second-order valence-electron chi connectivity index (χ2n) is 6.18. The number of nitrogens with one attached hydrogen (secondary N) is 1. The van der Waals surface area contributed by atoms with Crippen LogP contribution in [0.3, 0.4) is 0 Å². The van der Waals surface area contributed by atoms with Crippen LogP contribution >= 0.6 is 0 Å². The molecule has 0 unspecified atom stereocenters.